The van der Waals surface area contributed by atoms with E-state index in [1.54, 1.807) is 41.3 Å². The molecule has 4 rings (SSSR count). The Morgan fingerprint density at radius 1 is 1.15 bits per heavy atom. The molecule has 0 radical (unpaired) electrons. The number of amides is 2. The van der Waals surface area contributed by atoms with E-state index in [-0.39, 0.29) is 42.3 Å². The van der Waals surface area contributed by atoms with Crippen LogP contribution in [0.25, 0.3) is 0 Å². The zero-order valence-corrected chi connectivity index (χ0v) is 19.8. The first kappa shape index (κ1) is 24.2. The van der Waals surface area contributed by atoms with Gasteiger partial charge in [-0.25, -0.2) is 13.1 Å². The number of hydrogen-bond donors (Lipinski definition) is 2. The van der Waals surface area contributed by atoms with E-state index in [9.17, 15) is 18.0 Å². The average Bonchev–Trinajstić information content (AvgIpc) is 3.49. The molecule has 2 aliphatic rings. The molecule has 2 saturated heterocycles. The topological polar surface area (TPSA) is 114 Å². The van der Waals surface area contributed by atoms with Crippen molar-refractivity contribution in [2.75, 3.05) is 36.5 Å². The summed E-state index contributed by atoms with van der Waals surface area (Å²) in [5, 5.41) is 2.78. The van der Waals surface area contributed by atoms with Crippen molar-refractivity contribution < 1.29 is 27.5 Å². The molecular formula is C24H29N3O6S. The lowest BCUT2D eigenvalue weighted by molar-refractivity contribution is -0.122. The van der Waals surface area contributed by atoms with Crippen LogP contribution in [-0.4, -0.2) is 52.6 Å². The largest absolute Gasteiger partial charge is 0.494 e. The fraction of sp³-hybridized carbons (Fsp3) is 0.417. The normalized spacial score (nSPS) is 20.5. The summed E-state index contributed by atoms with van der Waals surface area (Å²) in [5.74, 6) is -0.188. The number of ether oxygens (including phenoxy) is 2. The highest BCUT2D eigenvalue weighted by Gasteiger charge is 2.35. The van der Waals surface area contributed by atoms with Crippen molar-refractivity contribution in [2.24, 2.45) is 5.92 Å². The molecule has 2 aromatic rings. The van der Waals surface area contributed by atoms with Gasteiger partial charge in [-0.05, 0) is 68.3 Å². The molecule has 0 aromatic heterocycles. The molecule has 0 aliphatic carbocycles. The van der Waals surface area contributed by atoms with Gasteiger partial charge in [0.2, 0.25) is 21.8 Å². The lowest BCUT2D eigenvalue weighted by Gasteiger charge is -2.17. The molecule has 0 bridgehead atoms. The molecule has 2 heterocycles. The number of sulfonamides is 1. The van der Waals surface area contributed by atoms with Gasteiger partial charge in [-0.1, -0.05) is 0 Å². The molecule has 0 saturated carbocycles. The maximum atomic E-state index is 12.8. The van der Waals surface area contributed by atoms with E-state index in [1.165, 1.54) is 12.1 Å². The second kappa shape index (κ2) is 10.5. The minimum atomic E-state index is -3.66. The highest BCUT2D eigenvalue weighted by atomic mass is 32.2. The number of nitrogens with one attached hydrogen (secondary N) is 2. The van der Waals surface area contributed by atoms with E-state index in [4.69, 9.17) is 9.47 Å². The minimum absolute atomic E-state index is 0.0929. The van der Waals surface area contributed by atoms with Gasteiger partial charge in [0.1, 0.15) is 5.75 Å². The molecule has 2 N–H and O–H groups in total. The molecule has 34 heavy (non-hydrogen) atoms. The van der Waals surface area contributed by atoms with Gasteiger partial charge in [0.25, 0.3) is 0 Å². The van der Waals surface area contributed by atoms with Crippen LogP contribution in [-0.2, 0) is 24.3 Å². The first-order valence-corrected chi connectivity index (χ1v) is 12.9. The van der Waals surface area contributed by atoms with Gasteiger partial charge in [-0.2, -0.15) is 0 Å². The molecule has 2 amide bonds. The molecule has 0 unspecified atom stereocenters. The number of nitrogens with zero attached hydrogens (tertiary/aromatic N) is 1. The summed E-state index contributed by atoms with van der Waals surface area (Å²) >= 11 is 0. The Morgan fingerprint density at radius 2 is 1.88 bits per heavy atom. The summed E-state index contributed by atoms with van der Waals surface area (Å²) in [7, 11) is -3.66. The van der Waals surface area contributed by atoms with Crippen LogP contribution in [0.1, 0.15) is 26.2 Å². The molecule has 2 aliphatic heterocycles. The third-order valence-electron chi connectivity index (χ3n) is 5.91. The molecule has 0 spiro atoms. The first-order valence-electron chi connectivity index (χ1n) is 11.4. The van der Waals surface area contributed by atoms with E-state index < -0.39 is 15.9 Å². The van der Waals surface area contributed by atoms with Gasteiger partial charge in [-0.3, -0.25) is 9.59 Å². The monoisotopic (exact) mass is 487 g/mol. The Bertz CT molecular complexity index is 1110. The highest BCUT2D eigenvalue weighted by Crippen LogP contribution is 2.28. The van der Waals surface area contributed by atoms with Crippen molar-refractivity contribution in [2.45, 2.75) is 37.2 Å². The number of carbonyl (C=O) groups is 2. The molecule has 10 heteroatoms. The van der Waals surface area contributed by atoms with Crippen molar-refractivity contribution in [3.05, 3.63) is 48.5 Å². The van der Waals surface area contributed by atoms with Gasteiger partial charge in [0.05, 0.1) is 23.5 Å². The van der Waals surface area contributed by atoms with Gasteiger partial charge >= 0.3 is 0 Å². The minimum Gasteiger partial charge on any atom is -0.494 e. The molecule has 182 valence electrons. The maximum absolute atomic E-state index is 12.8. The number of hydrogen-bond acceptors (Lipinski definition) is 6. The molecule has 2 aromatic carbocycles. The van der Waals surface area contributed by atoms with E-state index >= 15 is 0 Å². The quantitative estimate of drug-likeness (QED) is 0.562. The smallest absolute Gasteiger partial charge is 0.240 e. The van der Waals surface area contributed by atoms with Crippen LogP contribution >= 0.6 is 0 Å². The van der Waals surface area contributed by atoms with Crippen LogP contribution < -0.4 is 19.7 Å². The Hall–Kier alpha value is -2.95. The van der Waals surface area contributed by atoms with Gasteiger partial charge < -0.3 is 19.7 Å². The maximum Gasteiger partial charge on any atom is 0.240 e. The van der Waals surface area contributed by atoms with Crippen molar-refractivity contribution in [3.8, 4) is 5.75 Å². The molecule has 2 fully saturated rings. The lowest BCUT2D eigenvalue weighted by atomic mass is 10.1. The predicted molar refractivity (Wildman–Crippen MR) is 127 cm³/mol. The standard InChI is InChI=1S/C24H29N3O6S/c1-2-32-20-9-7-19(8-10-20)27-16-17(14-23(27)28)24(29)26-18-5-11-22(12-6-18)34(30,31)25-15-21-4-3-13-33-21/h5-12,17,21,25H,2-4,13-16H2,1H3,(H,26,29)/t17-,21-/m0/s1. The average molecular weight is 488 g/mol. The fourth-order valence-electron chi connectivity index (χ4n) is 4.07. The Balaban J connectivity index is 1.33. The number of benzene rings is 2. The van der Waals surface area contributed by atoms with Gasteiger partial charge in [0, 0.05) is 37.5 Å². The van der Waals surface area contributed by atoms with Crippen LogP contribution in [0.4, 0.5) is 11.4 Å². The molecule has 2 atom stereocenters. The Labute approximate surface area is 199 Å². The first-order chi connectivity index (χ1) is 16.4. The summed E-state index contributed by atoms with van der Waals surface area (Å²) in [5.41, 5.74) is 1.18. The van der Waals surface area contributed by atoms with Crippen molar-refractivity contribution in [1.82, 2.24) is 4.72 Å². The second-order valence-electron chi connectivity index (χ2n) is 8.33. The summed E-state index contributed by atoms with van der Waals surface area (Å²) in [6.45, 7) is 3.63. The third-order valence-corrected chi connectivity index (χ3v) is 7.35. The van der Waals surface area contributed by atoms with Crippen LogP contribution in [0.15, 0.2) is 53.4 Å². The summed E-state index contributed by atoms with van der Waals surface area (Å²) in [6, 6.07) is 13.2. The molecular weight excluding hydrogens is 458 g/mol. The third kappa shape index (κ3) is 5.75. The summed E-state index contributed by atoms with van der Waals surface area (Å²) in [6.07, 6.45) is 1.79. The van der Waals surface area contributed by atoms with Crippen LogP contribution in [0.5, 0.6) is 5.75 Å². The number of anilines is 2. The van der Waals surface area contributed by atoms with Gasteiger partial charge in [0.15, 0.2) is 0 Å². The highest BCUT2D eigenvalue weighted by molar-refractivity contribution is 7.89. The van der Waals surface area contributed by atoms with E-state index in [2.05, 4.69) is 10.0 Å². The van der Waals surface area contributed by atoms with Crippen LogP contribution in [0, 0.1) is 5.92 Å². The molecule has 9 nitrogen and oxygen atoms in total. The zero-order valence-electron chi connectivity index (χ0n) is 19.0. The number of rotatable bonds is 9. The van der Waals surface area contributed by atoms with Crippen molar-refractivity contribution in [3.63, 3.8) is 0 Å². The van der Waals surface area contributed by atoms with E-state index in [0.717, 1.165) is 18.6 Å². The van der Waals surface area contributed by atoms with Crippen LogP contribution in [0.2, 0.25) is 0 Å². The van der Waals surface area contributed by atoms with Gasteiger partial charge in [-0.15, -0.1) is 0 Å². The SMILES string of the molecule is CCOc1ccc(N2C[C@@H](C(=O)Nc3ccc(S(=O)(=O)NC[C@@H]4CCCO4)cc3)CC2=O)cc1. The summed E-state index contributed by atoms with van der Waals surface area (Å²) in [4.78, 5) is 27.0. The van der Waals surface area contributed by atoms with E-state index in [1.807, 2.05) is 6.92 Å². The predicted octanol–water partition coefficient (Wildman–Crippen LogP) is 2.53. The van der Waals surface area contributed by atoms with Crippen molar-refractivity contribution >= 4 is 33.2 Å². The zero-order chi connectivity index (χ0) is 24.1. The Kier molecular flexibility index (Phi) is 7.50. The number of carbonyl (C=O) groups excluding carboxylic acids is 2. The lowest BCUT2D eigenvalue weighted by Crippen LogP contribution is -2.31. The van der Waals surface area contributed by atoms with Crippen LogP contribution in [0.3, 0.4) is 0 Å². The van der Waals surface area contributed by atoms with Crippen molar-refractivity contribution in [1.29, 1.82) is 0 Å². The fourth-order valence-corrected chi connectivity index (χ4v) is 5.14. The Morgan fingerprint density at radius 3 is 2.53 bits per heavy atom. The summed E-state index contributed by atoms with van der Waals surface area (Å²) < 4.78 is 38.4. The van der Waals surface area contributed by atoms with E-state index in [0.29, 0.717) is 24.6 Å². The second-order valence-corrected chi connectivity index (χ2v) is 10.1.